The molecule has 340 valence electrons. The molecule has 12 nitrogen and oxygen atoms in total. The minimum atomic E-state index is -4.45. The number of benzene rings is 5. The van der Waals surface area contributed by atoms with Crippen LogP contribution in [-0.2, 0) is 23.0 Å². The number of halogens is 3. The van der Waals surface area contributed by atoms with Crippen molar-refractivity contribution in [1.29, 1.82) is 0 Å². The number of hydrogen-bond donors (Lipinski definition) is 2. The summed E-state index contributed by atoms with van der Waals surface area (Å²) in [4.78, 5) is 35.7. The molecule has 1 amide bonds. The SMILES string of the molecule is CN1CCN(CC[C@H](CSc2ccccc2)Nc2ccc(S(=O)(=O)NC(=O)c3ccc4c(c3)CC[C@@H]3CN(Cc5ccccc5-c5ccc(Cl)cc5)CCN43)cc2[N+](=O)[O-])CC1.Cl.Cl. The van der Waals surface area contributed by atoms with E-state index in [1.807, 2.05) is 48.5 Å². The van der Waals surface area contributed by atoms with Gasteiger partial charge in [-0.1, -0.05) is 66.2 Å². The third-order valence-corrected chi connectivity index (χ3v) is 14.9. The zero-order chi connectivity index (χ0) is 43.2. The number of hydrogen-bond acceptors (Lipinski definition) is 11. The van der Waals surface area contributed by atoms with Crippen molar-refractivity contribution in [2.75, 3.05) is 75.4 Å². The molecule has 0 spiro atoms. The summed E-state index contributed by atoms with van der Waals surface area (Å²) in [6.07, 6.45) is 2.40. The normalized spacial score (nSPS) is 17.2. The number of aryl methyl sites for hydroxylation is 1. The van der Waals surface area contributed by atoms with Crippen LogP contribution < -0.4 is 14.9 Å². The summed E-state index contributed by atoms with van der Waals surface area (Å²) in [7, 11) is -2.33. The number of amides is 1. The largest absolute Gasteiger partial charge is 0.376 e. The molecular weight excluding hydrogens is 913 g/mol. The first-order chi connectivity index (χ1) is 30.0. The number of nitro groups is 1. The van der Waals surface area contributed by atoms with Gasteiger partial charge in [0.25, 0.3) is 21.6 Å². The maximum Gasteiger partial charge on any atom is 0.293 e. The van der Waals surface area contributed by atoms with Crippen LogP contribution in [0.5, 0.6) is 0 Å². The number of nitrogens with zero attached hydrogens (tertiary/aromatic N) is 5. The van der Waals surface area contributed by atoms with Gasteiger partial charge in [0.05, 0.1) is 9.82 Å². The Balaban J connectivity index is 0.00000340. The maximum absolute atomic E-state index is 13.6. The van der Waals surface area contributed by atoms with E-state index >= 15 is 0 Å². The van der Waals surface area contributed by atoms with Crippen LogP contribution in [0, 0.1) is 10.1 Å². The highest BCUT2D eigenvalue weighted by molar-refractivity contribution is 7.99. The summed E-state index contributed by atoms with van der Waals surface area (Å²) < 4.78 is 29.4. The van der Waals surface area contributed by atoms with Crippen molar-refractivity contribution in [1.82, 2.24) is 19.4 Å². The van der Waals surface area contributed by atoms with Gasteiger partial charge in [-0.05, 0) is 103 Å². The molecule has 0 saturated carbocycles. The van der Waals surface area contributed by atoms with Gasteiger partial charge in [0.15, 0.2) is 0 Å². The molecule has 64 heavy (non-hydrogen) atoms. The van der Waals surface area contributed by atoms with Crippen LogP contribution >= 0.6 is 48.2 Å². The van der Waals surface area contributed by atoms with Crippen molar-refractivity contribution in [2.24, 2.45) is 0 Å². The molecule has 0 unspecified atom stereocenters. The number of anilines is 2. The number of rotatable bonds is 15. The number of sulfonamides is 1. The molecule has 2 fully saturated rings. The van der Waals surface area contributed by atoms with Crippen molar-refractivity contribution in [3.05, 3.63) is 147 Å². The Kier molecular flexibility index (Phi) is 17.0. The fourth-order valence-corrected chi connectivity index (χ4v) is 10.8. The lowest BCUT2D eigenvalue weighted by molar-refractivity contribution is -0.384. The van der Waals surface area contributed by atoms with Gasteiger partial charge in [0.2, 0.25) is 0 Å². The molecule has 0 aromatic heterocycles. The van der Waals surface area contributed by atoms with Crippen LogP contribution in [0.3, 0.4) is 0 Å². The molecule has 3 aliphatic heterocycles. The first-order valence-corrected chi connectivity index (χ1v) is 24.0. The highest BCUT2D eigenvalue weighted by atomic mass is 35.5. The number of nitrogens with one attached hydrogen (secondary N) is 2. The van der Waals surface area contributed by atoms with Crippen molar-refractivity contribution in [2.45, 2.75) is 47.7 Å². The lowest BCUT2D eigenvalue weighted by atomic mass is 9.92. The smallest absolute Gasteiger partial charge is 0.293 e. The number of likely N-dealkylation sites (N-methyl/N-ethyl adjacent to an activating group) is 1. The lowest BCUT2D eigenvalue weighted by Gasteiger charge is -2.46. The van der Waals surface area contributed by atoms with Gasteiger partial charge < -0.3 is 20.0 Å². The number of carbonyl (C=O) groups is 1. The number of carbonyl (C=O) groups excluding carboxylic acids is 1. The molecule has 3 aliphatic rings. The van der Waals surface area contributed by atoms with Crippen molar-refractivity contribution < 1.29 is 18.1 Å². The Hall–Kier alpha value is -4.38. The molecule has 0 aliphatic carbocycles. The van der Waals surface area contributed by atoms with E-state index in [1.54, 1.807) is 23.9 Å². The van der Waals surface area contributed by atoms with Crippen LogP contribution in [0.2, 0.25) is 5.02 Å². The van der Waals surface area contributed by atoms with Gasteiger partial charge in [-0.15, -0.1) is 36.6 Å². The third-order valence-electron chi connectivity index (χ3n) is 12.2. The summed E-state index contributed by atoms with van der Waals surface area (Å²) in [6, 6.07) is 35.7. The first kappa shape index (κ1) is 49.1. The average molecular weight is 967 g/mol. The molecule has 2 N–H and O–H groups in total. The fraction of sp³-hybridized carbons (Fsp3) is 0.340. The summed E-state index contributed by atoms with van der Waals surface area (Å²) >= 11 is 7.83. The van der Waals surface area contributed by atoms with E-state index in [4.69, 9.17) is 11.6 Å². The summed E-state index contributed by atoms with van der Waals surface area (Å²) in [6.45, 7) is 8.16. The van der Waals surface area contributed by atoms with Crippen LogP contribution in [0.25, 0.3) is 11.1 Å². The maximum atomic E-state index is 13.6. The first-order valence-electron chi connectivity index (χ1n) is 21.2. The Bertz CT molecular complexity index is 2500. The molecule has 2 saturated heterocycles. The van der Waals surface area contributed by atoms with Gasteiger partial charge in [0.1, 0.15) is 5.69 Å². The Morgan fingerprint density at radius 3 is 2.34 bits per heavy atom. The van der Waals surface area contributed by atoms with Crippen LogP contribution in [0.1, 0.15) is 34.3 Å². The van der Waals surface area contributed by atoms with Gasteiger partial charge in [-0.2, -0.15) is 0 Å². The zero-order valence-electron chi connectivity index (χ0n) is 35.6. The molecule has 8 rings (SSSR count). The van der Waals surface area contributed by atoms with Crippen LogP contribution in [0.4, 0.5) is 17.1 Å². The van der Waals surface area contributed by atoms with E-state index in [2.05, 4.69) is 73.1 Å². The fourth-order valence-electron chi connectivity index (χ4n) is 8.70. The topological polar surface area (TPSA) is 131 Å². The van der Waals surface area contributed by atoms with E-state index in [1.165, 1.54) is 23.3 Å². The number of fused-ring (bicyclic) bond motifs is 3. The minimum absolute atomic E-state index is 0. The molecule has 2 atom stereocenters. The quantitative estimate of drug-likeness (QED) is 0.0594. The monoisotopic (exact) mass is 965 g/mol. The lowest BCUT2D eigenvalue weighted by Crippen LogP contribution is -2.54. The average Bonchev–Trinajstić information content (AvgIpc) is 3.28. The predicted molar refractivity (Wildman–Crippen MR) is 263 cm³/mol. The molecule has 0 bridgehead atoms. The van der Waals surface area contributed by atoms with E-state index in [-0.39, 0.29) is 52.7 Å². The Morgan fingerprint density at radius 1 is 0.875 bits per heavy atom. The molecule has 5 aromatic carbocycles. The summed E-state index contributed by atoms with van der Waals surface area (Å²) in [5.74, 6) is -0.130. The number of nitro benzene ring substituents is 1. The van der Waals surface area contributed by atoms with Crippen molar-refractivity contribution in [3.63, 3.8) is 0 Å². The van der Waals surface area contributed by atoms with Gasteiger partial charge in [-0.3, -0.25) is 19.8 Å². The van der Waals surface area contributed by atoms with E-state index in [0.29, 0.717) is 16.8 Å². The van der Waals surface area contributed by atoms with Gasteiger partial charge in [0, 0.05) is 104 Å². The van der Waals surface area contributed by atoms with Crippen LogP contribution in [0.15, 0.2) is 125 Å². The third kappa shape index (κ3) is 12.1. The van der Waals surface area contributed by atoms with Gasteiger partial charge in [-0.25, -0.2) is 13.1 Å². The number of piperazine rings is 2. The molecule has 0 radical (unpaired) electrons. The molecular formula is C47H54Cl3N7O5S2. The second-order valence-electron chi connectivity index (χ2n) is 16.4. The second-order valence-corrected chi connectivity index (χ2v) is 19.6. The standard InChI is InChI=1S/C47H52ClN7O5S2.2ClH/c1-51-23-25-52(26-24-51)22-21-39(33-61-41-8-3-2-4-9-41)49-44-19-18-42(30-46(44)55(57)58)62(59,60)50-47(56)36-14-20-45-35(29-36)13-17-40-32-53(27-28-54(40)45)31-37-7-5-6-10-43(37)34-11-15-38(48)16-12-34;;/h2-12,14-16,18-20,29-30,39-40,49H,13,17,21-28,31-33H2,1H3,(H,50,56);2*1H/t39-,40-;;/m1../s1. The molecule has 5 aromatic rings. The Morgan fingerprint density at radius 2 is 1.59 bits per heavy atom. The highest BCUT2D eigenvalue weighted by Crippen LogP contribution is 2.35. The van der Waals surface area contributed by atoms with E-state index in [9.17, 15) is 23.3 Å². The predicted octanol–water partition coefficient (Wildman–Crippen LogP) is 8.72. The van der Waals surface area contributed by atoms with E-state index in [0.717, 1.165) is 106 Å². The second kappa shape index (κ2) is 22.2. The Labute approximate surface area is 397 Å². The van der Waals surface area contributed by atoms with Crippen molar-refractivity contribution >= 4 is 81.2 Å². The zero-order valence-corrected chi connectivity index (χ0v) is 39.6. The van der Waals surface area contributed by atoms with Crippen LogP contribution in [-0.4, -0.2) is 111 Å². The summed E-state index contributed by atoms with van der Waals surface area (Å²) in [5, 5.41) is 16.5. The highest BCUT2D eigenvalue weighted by Gasteiger charge is 2.33. The minimum Gasteiger partial charge on any atom is -0.376 e. The van der Waals surface area contributed by atoms with E-state index < -0.39 is 20.9 Å². The van der Waals surface area contributed by atoms with Crippen molar-refractivity contribution in [3.8, 4) is 11.1 Å². The van der Waals surface area contributed by atoms with Gasteiger partial charge >= 0.3 is 0 Å². The number of thioether (sulfide) groups is 1. The summed E-state index contributed by atoms with van der Waals surface area (Å²) in [5.41, 5.74) is 5.73. The molecule has 17 heteroatoms. The molecule has 3 heterocycles.